The lowest BCUT2D eigenvalue weighted by Crippen LogP contribution is -2.60. The first kappa shape index (κ1) is 47.5. The smallest absolute Gasteiger partial charge is 0.312 e. The highest BCUT2D eigenvalue weighted by molar-refractivity contribution is 5.88. The van der Waals surface area contributed by atoms with E-state index in [4.69, 9.17) is 28.5 Å². The number of esters is 2. The number of carbonyl (C=O) groups excluding carboxylic acids is 2. The predicted octanol–water partition coefficient (Wildman–Crippen LogP) is 4.34. The number of cyclic esters (lactones) is 1. The van der Waals surface area contributed by atoms with Crippen molar-refractivity contribution in [1.29, 1.82) is 0 Å². The van der Waals surface area contributed by atoms with Crippen molar-refractivity contribution in [2.75, 3.05) is 27.3 Å². The van der Waals surface area contributed by atoms with E-state index in [1.165, 1.54) is 6.92 Å². The molecule has 3 rings (SSSR count). The van der Waals surface area contributed by atoms with E-state index in [9.17, 15) is 30.0 Å². The summed E-state index contributed by atoms with van der Waals surface area (Å²) in [5.74, 6) is -4.58. The molecule has 14 heteroatoms. The number of rotatable bonds is 12. The summed E-state index contributed by atoms with van der Waals surface area (Å²) in [5.41, 5.74) is -3.36. The summed E-state index contributed by atoms with van der Waals surface area (Å²) in [6.07, 6.45) is -6.44. The van der Waals surface area contributed by atoms with Crippen LogP contribution in [0.3, 0.4) is 0 Å². The number of hydrogen-bond acceptors (Lipinski definition) is 14. The molecule has 0 radical (unpaired) electrons. The van der Waals surface area contributed by atoms with Crippen molar-refractivity contribution < 1.29 is 58.5 Å². The van der Waals surface area contributed by atoms with Crippen LogP contribution < -0.4 is 4.74 Å². The van der Waals surface area contributed by atoms with Crippen molar-refractivity contribution in [3.8, 4) is 5.75 Å². The SMILES string of the molecule is CC[C@H]1OC(=O)[C@H](C)[C@@H](OC(=O)C(C)C)[C@H](C)[C@@H](O[C@@H]2O[C@H](C)C[C@H](N(C)C)[C@H]2O)C(C)(O)C[C@@H](C)/C(=N\OCCCOc2ccccc2)[C@H](C)[C@@H](O)[C@]1(C)O. The molecule has 2 aliphatic heterocycles. The fourth-order valence-corrected chi connectivity index (χ4v) is 8.01. The molecule has 4 N–H and O–H groups in total. The van der Waals surface area contributed by atoms with Crippen LogP contribution in [0.5, 0.6) is 5.75 Å². The van der Waals surface area contributed by atoms with Crippen molar-refractivity contribution in [2.24, 2.45) is 34.7 Å². The van der Waals surface area contributed by atoms with Crippen LogP contribution in [0.15, 0.2) is 35.5 Å². The molecule has 1 unspecified atom stereocenters. The highest BCUT2D eigenvalue weighted by Gasteiger charge is 2.52. The molecule has 2 saturated heterocycles. The molecule has 2 aliphatic rings. The van der Waals surface area contributed by atoms with E-state index < -0.39 is 89.5 Å². The molecule has 2 heterocycles. The predicted molar refractivity (Wildman–Crippen MR) is 211 cm³/mol. The summed E-state index contributed by atoms with van der Waals surface area (Å²) >= 11 is 0. The lowest BCUT2D eigenvalue weighted by molar-refractivity contribution is -0.299. The van der Waals surface area contributed by atoms with Crippen molar-refractivity contribution in [3.05, 3.63) is 30.3 Å². The molecular formula is C42H70N2O12. The number of likely N-dealkylation sites (N-methyl/N-ethyl adjacent to an activating group) is 1. The Kier molecular flexibility index (Phi) is 17.6. The lowest BCUT2D eigenvalue weighted by atomic mass is 9.73. The van der Waals surface area contributed by atoms with Crippen LogP contribution in [0.25, 0.3) is 0 Å². The van der Waals surface area contributed by atoms with Gasteiger partial charge in [-0.15, -0.1) is 0 Å². The normalized spacial score (nSPS) is 38.5. The van der Waals surface area contributed by atoms with Gasteiger partial charge in [-0.3, -0.25) is 9.59 Å². The molecule has 2 fully saturated rings. The maximum atomic E-state index is 14.0. The summed E-state index contributed by atoms with van der Waals surface area (Å²) in [4.78, 5) is 34.9. The summed E-state index contributed by atoms with van der Waals surface area (Å²) in [6.45, 7) is 17.3. The minimum Gasteiger partial charge on any atom is -0.493 e. The van der Waals surface area contributed by atoms with Gasteiger partial charge in [0.15, 0.2) is 6.29 Å². The number of ether oxygens (including phenoxy) is 5. The van der Waals surface area contributed by atoms with Gasteiger partial charge in [0.2, 0.25) is 0 Å². The number of benzene rings is 1. The van der Waals surface area contributed by atoms with E-state index in [-0.39, 0.29) is 31.6 Å². The fourth-order valence-electron chi connectivity index (χ4n) is 8.01. The van der Waals surface area contributed by atoms with Crippen molar-refractivity contribution in [2.45, 2.75) is 155 Å². The van der Waals surface area contributed by atoms with Crippen molar-refractivity contribution in [3.63, 3.8) is 0 Å². The van der Waals surface area contributed by atoms with Gasteiger partial charge in [0.25, 0.3) is 0 Å². The molecule has 1 aromatic rings. The monoisotopic (exact) mass is 794 g/mol. The Bertz CT molecular complexity index is 1410. The summed E-state index contributed by atoms with van der Waals surface area (Å²) < 4.78 is 30.6. The third kappa shape index (κ3) is 12.1. The minimum absolute atomic E-state index is 0.0170. The summed E-state index contributed by atoms with van der Waals surface area (Å²) in [6, 6.07) is 9.06. The van der Waals surface area contributed by atoms with Crippen molar-refractivity contribution >= 4 is 17.7 Å². The second-order valence-corrected chi connectivity index (χ2v) is 17.0. The topological polar surface area (TPSA) is 186 Å². The largest absolute Gasteiger partial charge is 0.493 e. The Morgan fingerprint density at radius 1 is 1.02 bits per heavy atom. The molecule has 0 spiro atoms. The van der Waals surface area contributed by atoms with Crippen LogP contribution >= 0.6 is 0 Å². The van der Waals surface area contributed by atoms with Gasteiger partial charge in [0.05, 0.1) is 48.1 Å². The molecule has 14 atom stereocenters. The lowest BCUT2D eigenvalue weighted by Gasteiger charge is -2.47. The van der Waals surface area contributed by atoms with Crippen LogP contribution in [-0.2, 0) is 33.4 Å². The third-order valence-electron chi connectivity index (χ3n) is 11.4. The summed E-state index contributed by atoms with van der Waals surface area (Å²) in [5, 5.41) is 52.3. The number of oxime groups is 1. The number of carbonyl (C=O) groups is 2. The molecule has 14 nitrogen and oxygen atoms in total. The molecule has 0 aliphatic carbocycles. The van der Waals surface area contributed by atoms with Gasteiger partial charge >= 0.3 is 11.9 Å². The van der Waals surface area contributed by atoms with Gasteiger partial charge < -0.3 is 53.8 Å². The first-order valence-corrected chi connectivity index (χ1v) is 20.2. The zero-order valence-corrected chi connectivity index (χ0v) is 35.6. The number of para-hydroxylation sites is 1. The quantitative estimate of drug-likeness (QED) is 0.133. The van der Waals surface area contributed by atoms with Gasteiger partial charge in [0, 0.05) is 30.2 Å². The van der Waals surface area contributed by atoms with Crippen molar-refractivity contribution in [1.82, 2.24) is 4.90 Å². The molecule has 0 amide bonds. The molecule has 1 aromatic carbocycles. The third-order valence-corrected chi connectivity index (χ3v) is 11.4. The molecule has 320 valence electrons. The first-order chi connectivity index (χ1) is 26.1. The van der Waals surface area contributed by atoms with Crippen LogP contribution in [0.4, 0.5) is 0 Å². The van der Waals surface area contributed by atoms with E-state index in [0.717, 1.165) is 5.75 Å². The zero-order chi connectivity index (χ0) is 42.1. The van der Waals surface area contributed by atoms with Gasteiger partial charge in [-0.2, -0.15) is 0 Å². The Balaban J connectivity index is 2.11. The van der Waals surface area contributed by atoms with Gasteiger partial charge in [-0.1, -0.05) is 64.9 Å². The second kappa shape index (κ2) is 20.7. The Hall–Kier alpha value is -2.85. The number of aliphatic hydroxyl groups excluding tert-OH is 2. The van der Waals surface area contributed by atoms with Crippen LogP contribution in [0.1, 0.15) is 94.9 Å². The molecule has 0 aromatic heterocycles. The van der Waals surface area contributed by atoms with Gasteiger partial charge in [-0.25, -0.2) is 0 Å². The highest BCUT2D eigenvalue weighted by atomic mass is 16.7. The molecule has 56 heavy (non-hydrogen) atoms. The second-order valence-electron chi connectivity index (χ2n) is 17.0. The maximum absolute atomic E-state index is 14.0. The first-order valence-electron chi connectivity index (χ1n) is 20.2. The molecule has 0 saturated carbocycles. The molecular weight excluding hydrogens is 724 g/mol. The minimum atomic E-state index is -1.95. The zero-order valence-electron chi connectivity index (χ0n) is 35.6. The Labute approximate surface area is 333 Å². The fraction of sp³-hybridized carbons (Fsp3) is 0.786. The van der Waals surface area contributed by atoms with Gasteiger partial charge in [-0.05, 0) is 73.2 Å². The Morgan fingerprint density at radius 3 is 2.25 bits per heavy atom. The highest BCUT2D eigenvalue weighted by Crippen LogP contribution is 2.39. The van der Waals surface area contributed by atoms with E-state index >= 15 is 0 Å². The van der Waals surface area contributed by atoms with E-state index in [1.54, 1.807) is 48.5 Å². The number of aliphatic hydroxyl groups is 4. The van der Waals surface area contributed by atoms with Crippen LogP contribution in [-0.4, -0.2) is 130 Å². The van der Waals surface area contributed by atoms with E-state index in [2.05, 4.69) is 5.16 Å². The average Bonchev–Trinajstić information content (AvgIpc) is 3.13. The maximum Gasteiger partial charge on any atom is 0.312 e. The van der Waals surface area contributed by atoms with E-state index in [1.807, 2.05) is 63.2 Å². The van der Waals surface area contributed by atoms with Gasteiger partial charge in [0.1, 0.15) is 36.3 Å². The van der Waals surface area contributed by atoms with E-state index in [0.29, 0.717) is 25.2 Å². The standard InChI is InChI=1S/C42H70N2O12/c1-13-32-42(10,50)36(46)27(6)33(43-52-21-17-20-51-30-18-15-14-16-19-30)25(4)23-41(9,49)37(56-40-34(45)31(44(11)12)22-26(5)53-40)28(7)35(29(8)39(48)54-32)55-38(47)24(2)3/h14-16,18-19,24-29,31-32,34-37,40,45-46,49-50H,13,17,20-23H2,1-12H3/b43-33+/t25-,26-,27+,28+,29-,31+,32-,34-,35+,36-,37-,40+,41?,42-/m1/s1. The average molecular weight is 795 g/mol. The number of nitrogens with zero attached hydrogens (tertiary/aromatic N) is 2. The molecule has 0 bridgehead atoms. The summed E-state index contributed by atoms with van der Waals surface area (Å²) in [7, 11) is 3.71. The Morgan fingerprint density at radius 2 is 1.66 bits per heavy atom. The van der Waals surface area contributed by atoms with Crippen LogP contribution in [0, 0.1) is 29.6 Å². The number of hydrogen-bond donors (Lipinski definition) is 4. The van der Waals surface area contributed by atoms with Crippen LogP contribution in [0.2, 0.25) is 0 Å².